The molecule has 0 aliphatic carbocycles. The number of benzene rings is 3. The molecule has 2 heterocycles. The van der Waals surface area contributed by atoms with Crippen LogP contribution in [0.2, 0.25) is 0 Å². The molecule has 1 fully saturated rings. The van der Waals surface area contributed by atoms with Gasteiger partial charge in [-0.25, -0.2) is 4.79 Å². The molecule has 0 saturated carbocycles. The summed E-state index contributed by atoms with van der Waals surface area (Å²) in [4.78, 5) is 16.6. The number of aromatic nitrogens is 2. The SMILES string of the molecule is CC(C)(C)OC(=O)N1CCN(c2cccc3[nH]nc(Cc4cccc5ccccc45)c23)CC1. The number of rotatable bonds is 3. The summed E-state index contributed by atoms with van der Waals surface area (Å²) in [6.07, 6.45) is 0.524. The maximum atomic E-state index is 12.5. The highest BCUT2D eigenvalue weighted by atomic mass is 16.6. The average molecular weight is 443 g/mol. The molecular weight excluding hydrogens is 412 g/mol. The third-order valence-electron chi connectivity index (χ3n) is 6.15. The maximum absolute atomic E-state index is 12.5. The van der Waals surface area contributed by atoms with E-state index in [-0.39, 0.29) is 6.09 Å². The third kappa shape index (κ3) is 4.38. The Morgan fingerprint density at radius 2 is 1.70 bits per heavy atom. The third-order valence-corrected chi connectivity index (χ3v) is 6.15. The number of anilines is 1. The Labute approximate surface area is 194 Å². The molecule has 33 heavy (non-hydrogen) atoms. The second-order valence-corrected chi connectivity index (χ2v) is 9.64. The zero-order valence-electron chi connectivity index (χ0n) is 19.5. The predicted molar refractivity (Wildman–Crippen MR) is 133 cm³/mol. The van der Waals surface area contributed by atoms with Gasteiger partial charge >= 0.3 is 6.09 Å². The highest BCUT2D eigenvalue weighted by molar-refractivity contribution is 5.95. The molecule has 6 nitrogen and oxygen atoms in total. The Hall–Kier alpha value is -3.54. The van der Waals surface area contributed by atoms with E-state index in [2.05, 4.69) is 70.7 Å². The number of fused-ring (bicyclic) bond motifs is 2. The summed E-state index contributed by atoms with van der Waals surface area (Å²) in [7, 11) is 0. The molecule has 0 radical (unpaired) electrons. The number of H-pyrrole nitrogens is 1. The summed E-state index contributed by atoms with van der Waals surface area (Å²) in [5.74, 6) is 0. The summed E-state index contributed by atoms with van der Waals surface area (Å²) in [6.45, 7) is 8.51. The van der Waals surface area contributed by atoms with Crippen LogP contribution in [0.3, 0.4) is 0 Å². The molecule has 0 bridgehead atoms. The normalized spacial score (nSPS) is 14.8. The van der Waals surface area contributed by atoms with Gasteiger partial charge in [0.1, 0.15) is 5.60 Å². The van der Waals surface area contributed by atoms with E-state index < -0.39 is 5.60 Å². The summed E-state index contributed by atoms with van der Waals surface area (Å²) in [5, 5.41) is 11.6. The molecule has 1 amide bonds. The first-order valence-corrected chi connectivity index (χ1v) is 11.5. The van der Waals surface area contributed by atoms with Gasteiger partial charge in [-0.1, -0.05) is 48.5 Å². The molecule has 5 rings (SSSR count). The van der Waals surface area contributed by atoms with Crippen LogP contribution in [0.1, 0.15) is 32.0 Å². The molecule has 1 aliphatic rings. The van der Waals surface area contributed by atoms with E-state index in [1.807, 2.05) is 20.8 Å². The number of aromatic amines is 1. The van der Waals surface area contributed by atoms with Crippen molar-refractivity contribution in [1.82, 2.24) is 15.1 Å². The molecule has 0 atom stereocenters. The molecule has 170 valence electrons. The van der Waals surface area contributed by atoms with Crippen LogP contribution in [0.15, 0.2) is 60.7 Å². The number of ether oxygens (including phenoxy) is 1. The Balaban J connectivity index is 1.41. The second kappa shape index (κ2) is 8.43. The smallest absolute Gasteiger partial charge is 0.410 e. The van der Waals surface area contributed by atoms with E-state index >= 15 is 0 Å². The van der Waals surface area contributed by atoms with Crippen molar-refractivity contribution in [3.63, 3.8) is 0 Å². The summed E-state index contributed by atoms with van der Waals surface area (Å²) >= 11 is 0. The van der Waals surface area contributed by atoms with Crippen LogP contribution in [0.4, 0.5) is 10.5 Å². The van der Waals surface area contributed by atoms with Crippen LogP contribution in [-0.4, -0.2) is 53.0 Å². The minimum Gasteiger partial charge on any atom is -0.444 e. The highest BCUT2D eigenvalue weighted by Crippen LogP contribution is 2.32. The first kappa shape index (κ1) is 21.3. The predicted octanol–water partition coefficient (Wildman–Crippen LogP) is 5.36. The van der Waals surface area contributed by atoms with Gasteiger partial charge in [0.15, 0.2) is 0 Å². The van der Waals surface area contributed by atoms with Crippen molar-refractivity contribution in [3.8, 4) is 0 Å². The molecule has 1 N–H and O–H groups in total. The van der Waals surface area contributed by atoms with Crippen molar-refractivity contribution in [2.45, 2.75) is 32.8 Å². The molecule has 1 saturated heterocycles. The number of carbonyl (C=O) groups excluding carboxylic acids is 1. The molecule has 4 aromatic rings. The topological polar surface area (TPSA) is 61.5 Å². The fourth-order valence-electron chi connectivity index (χ4n) is 4.60. The lowest BCUT2D eigenvalue weighted by atomic mass is 9.99. The van der Waals surface area contributed by atoms with E-state index in [1.165, 1.54) is 22.0 Å². The van der Waals surface area contributed by atoms with Gasteiger partial charge in [-0.15, -0.1) is 0 Å². The molecule has 0 unspecified atom stereocenters. The zero-order valence-corrected chi connectivity index (χ0v) is 19.5. The Bertz CT molecular complexity index is 1290. The minimum atomic E-state index is -0.479. The number of nitrogens with one attached hydrogen (secondary N) is 1. The Kier molecular flexibility index (Phi) is 5.44. The van der Waals surface area contributed by atoms with Crippen molar-refractivity contribution >= 4 is 33.5 Å². The van der Waals surface area contributed by atoms with E-state index in [4.69, 9.17) is 9.84 Å². The first-order valence-electron chi connectivity index (χ1n) is 11.5. The van der Waals surface area contributed by atoms with Gasteiger partial charge in [-0.3, -0.25) is 5.10 Å². The lowest BCUT2D eigenvalue weighted by molar-refractivity contribution is 0.0240. The number of carbonyl (C=O) groups is 1. The number of nitrogens with zero attached hydrogens (tertiary/aromatic N) is 3. The first-order chi connectivity index (χ1) is 15.9. The molecule has 0 spiro atoms. The second-order valence-electron chi connectivity index (χ2n) is 9.64. The number of hydrogen-bond donors (Lipinski definition) is 1. The van der Waals surface area contributed by atoms with E-state index in [9.17, 15) is 4.79 Å². The van der Waals surface area contributed by atoms with Crippen LogP contribution in [-0.2, 0) is 11.2 Å². The summed E-state index contributed by atoms with van der Waals surface area (Å²) < 4.78 is 5.55. The summed E-state index contributed by atoms with van der Waals surface area (Å²) in [5.41, 5.74) is 4.04. The van der Waals surface area contributed by atoms with Crippen LogP contribution in [0.5, 0.6) is 0 Å². The molecule has 1 aromatic heterocycles. The summed E-state index contributed by atoms with van der Waals surface area (Å²) in [6, 6.07) is 21.2. The van der Waals surface area contributed by atoms with Gasteiger partial charge in [0.2, 0.25) is 0 Å². The molecule has 6 heteroatoms. The van der Waals surface area contributed by atoms with Gasteiger partial charge in [0.25, 0.3) is 0 Å². The Morgan fingerprint density at radius 3 is 2.48 bits per heavy atom. The Morgan fingerprint density at radius 1 is 0.970 bits per heavy atom. The number of amides is 1. The number of piperazine rings is 1. The van der Waals surface area contributed by atoms with Crippen LogP contribution in [0.25, 0.3) is 21.7 Å². The lowest BCUT2D eigenvalue weighted by Crippen LogP contribution is -2.50. The van der Waals surface area contributed by atoms with Gasteiger partial charge < -0.3 is 14.5 Å². The average Bonchev–Trinajstić information content (AvgIpc) is 3.21. The zero-order chi connectivity index (χ0) is 23.0. The fraction of sp³-hybridized carbons (Fsp3) is 0.333. The van der Waals surface area contributed by atoms with Crippen molar-refractivity contribution < 1.29 is 9.53 Å². The van der Waals surface area contributed by atoms with Gasteiger partial charge in [-0.2, -0.15) is 5.10 Å². The minimum absolute atomic E-state index is 0.236. The molecule has 3 aromatic carbocycles. The highest BCUT2D eigenvalue weighted by Gasteiger charge is 2.27. The van der Waals surface area contributed by atoms with Crippen molar-refractivity contribution in [3.05, 3.63) is 71.9 Å². The van der Waals surface area contributed by atoms with E-state index in [0.29, 0.717) is 13.1 Å². The molecular formula is C27H30N4O2. The van der Waals surface area contributed by atoms with Gasteiger partial charge in [0, 0.05) is 43.7 Å². The monoisotopic (exact) mass is 442 g/mol. The maximum Gasteiger partial charge on any atom is 0.410 e. The van der Waals surface area contributed by atoms with Crippen LogP contribution < -0.4 is 4.90 Å². The standard InChI is InChI=1S/C27H30N4O2/c1-27(2,3)33-26(32)31-16-14-30(15-17-31)24-13-7-12-22-25(24)23(29-28-22)18-20-10-6-9-19-8-4-5-11-21(19)20/h4-13H,14-18H2,1-3H3,(H,28,29). The van der Waals surface area contributed by atoms with E-state index in [0.717, 1.165) is 36.1 Å². The van der Waals surface area contributed by atoms with Crippen LogP contribution in [0, 0.1) is 0 Å². The quantitative estimate of drug-likeness (QED) is 0.464. The largest absolute Gasteiger partial charge is 0.444 e. The van der Waals surface area contributed by atoms with Crippen molar-refractivity contribution in [1.29, 1.82) is 0 Å². The van der Waals surface area contributed by atoms with Crippen molar-refractivity contribution in [2.24, 2.45) is 0 Å². The number of hydrogen-bond acceptors (Lipinski definition) is 4. The van der Waals surface area contributed by atoms with Crippen LogP contribution >= 0.6 is 0 Å². The van der Waals surface area contributed by atoms with E-state index in [1.54, 1.807) is 4.90 Å². The van der Waals surface area contributed by atoms with Gasteiger partial charge in [0.05, 0.1) is 11.2 Å². The molecule has 1 aliphatic heterocycles. The fourth-order valence-corrected chi connectivity index (χ4v) is 4.60. The lowest BCUT2D eigenvalue weighted by Gasteiger charge is -2.37. The van der Waals surface area contributed by atoms with Gasteiger partial charge in [-0.05, 0) is 49.2 Å². The van der Waals surface area contributed by atoms with Crippen molar-refractivity contribution in [2.75, 3.05) is 31.1 Å².